The lowest BCUT2D eigenvalue weighted by molar-refractivity contribution is -0.0136. The molecule has 0 radical (unpaired) electrons. The first-order chi connectivity index (χ1) is 14.8. The van der Waals surface area contributed by atoms with Gasteiger partial charge in [0.05, 0.1) is 41.2 Å². The van der Waals surface area contributed by atoms with Crippen LogP contribution in [0.25, 0.3) is 22.3 Å². The van der Waals surface area contributed by atoms with Crippen LogP contribution in [0.3, 0.4) is 0 Å². The molecule has 3 N–H and O–H groups in total. The van der Waals surface area contributed by atoms with Gasteiger partial charge in [-0.3, -0.25) is 0 Å². The van der Waals surface area contributed by atoms with Gasteiger partial charge in [0.2, 0.25) is 5.95 Å². The summed E-state index contributed by atoms with van der Waals surface area (Å²) in [6, 6.07) is 2.79. The second-order valence-corrected chi connectivity index (χ2v) is 8.41. The van der Waals surface area contributed by atoms with Gasteiger partial charge in [-0.25, -0.2) is 19.3 Å². The molecule has 2 aromatic heterocycles. The van der Waals surface area contributed by atoms with Crippen LogP contribution in [0.15, 0.2) is 18.3 Å². The number of rotatable bonds is 5. The van der Waals surface area contributed by atoms with Gasteiger partial charge < -0.3 is 24.8 Å². The third-order valence-corrected chi connectivity index (χ3v) is 5.60. The standard InChI is InChI=1S/C21H25ClFN5O3/c1-10(2)28-16-7-12(6-14(23)19(16)26-20(28)11(3)29)18-13(22)8-24-21(27-18)25-15-4-5-31-9-17(15)30/h6-8,10-11,15,17,29-30H,4-5,9H2,1-3H3,(H,24,25,27)/t11-,15+,17+/m0/s1. The highest BCUT2D eigenvalue weighted by molar-refractivity contribution is 6.33. The van der Waals surface area contributed by atoms with Crippen molar-refractivity contribution in [3.05, 3.63) is 35.0 Å². The summed E-state index contributed by atoms with van der Waals surface area (Å²) >= 11 is 6.36. The molecule has 3 aromatic rings. The molecular weight excluding hydrogens is 425 g/mol. The van der Waals surface area contributed by atoms with Gasteiger partial charge in [0.1, 0.15) is 17.4 Å². The number of nitrogens with one attached hydrogen (secondary N) is 1. The maximum Gasteiger partial charge on any atom is 0.223 e. The molecule has 0 unspecified atom stereocenters. The van der Waals surface area contributed by atoms with E-state index in [0.717, 1.165) is 0 Å². The van der Waals surface area contributed by atoms with Crippen molar-refractivity contribution in [1.82, 2.24) is 19.5 Å². The number of aliphatic hydroxyl groups is 2. The van der Waals surface area contributed by atoms with Gasteiger partial charge in [0.15, 0.2) is 5.82 Å². The van der Waals surface area contributed by atoms with Crippen LogP contribution in [-0.4, -0.2) is 55.1 Å². The minimum absolute atomic E-state index is 0.0441. The Morgan fingerprint density at radius 1 is 1.29 bits per heavy atom. The quantitative estimate of drug-likeness (QED) is 0.547. The van der Waals surface area contributed by atoms with E-state index in [0.29, 0.717) is 35.6 Å². The first-order valence-electron chi connectivity index (χ1n) is 10.2. The van der Waals surface area contributed by atoms with E-state index < -0.39 is 18.0 Å². The number of aliphatic hydroxyl groups excluding tert-OH is 2. The Balaban J connectivity index is 1.78. The van der Waals surface area contributed by atoms with Crippen molar-refractivity contribution < 1.29 is 19.3 Å². The molecule has 31 heavy (non-hydrogen) atoms. The monoisotopic (exact) mass is 449 g/mol. The zero-order valence-electron chi connectivity index (χ0n) is 17.5. The molecule has 0 aliphatic carbocycles. The van der Waals surface area contributed by atoms with Crippen molar-refractivity contribution in [3.8, 4) is 11.3 Å². The van der Waals surface area contributed by atoms with Gasteiger partial charge in [-0.05, 0) is 39.3 Å². The molecule has 1 aliphatic heterocycles. The average molecular weight is 450 g/mol. The topological polar surface area (TPSA) is 105 Å². The van der Waals surface area contributed by atoms with Crippen LogP contribution in [0.1, 0.15) is 45.2 Å². The largest absolute Gasteiger partial charge is 0.389 e. The van der Waals surface area contributed by atoms with Crippen LogP contribution in [0.5, 0.6) is 0 Å². The Morgan fingerprint density at radius 3 is 2.74 bits per heavy atom. The molecule has 0 bridgehead atoms. The van der Waals surface area contributed by atoms with Gasteiger partial charge in [-0.15, -0.1) is 0 Å². The van der Waals surface area contributed by atoms with E-state index in [2.05, 4.69) is 20.3 Å². The fourth-order valence-electron chi connectivity index (χ4n) is 3.84. The fourth-order valence-corrected chi connectivity index (χ4v) is 4.04. The molecule has 0 amide bonds. The highest BCUT2D eigenvalue weighted by atomic mass is 35.5. The summed E-state index contributed by atoms with van der Waals surface area (Å²) in [5.74, 6) is 0.149. The van der Waals surface area contributed by atoms with E-state index in [1.807, 2.05) is 13.8 Å². The number of benzene rings is 1. The number of fused-ring (bicyclic) bond motifs is 1. The van der Waals surface area contributed by atoms with Crippen molar-refractivity contribution in [3.63, 3.8) is 0 Å². The number of imidazole rings is 1. The first kappa shape index (κ1) is 21.9. The molecule has 0 spiro atoms. The molecular formula is C21H25ClFN5O3. The zero-order valence-corrected chi connectivity index (χ0v) is 18.3. The summed E-state index contributed by atoms with van der Waals surface area (Å²) < 4.78 is 22.1. The third kappa shape index (κ3) is 4.23. The molecule has 166 valence electrons. The van der Waals surface area contributed by atoms with Crippen LogP contribution in [0.4, 0.5) is 10.3 Å². The fraction of sp³-hybridized carbons (Fsp3) is 0.476. The Bertz CT molecular complexity index is 1100. The van der Waals surface area contributed by atoms with Gasteiger partial charge in [-0.1, -0.05) is 11.6 Å². The second kappa shape index (κ2) is 8.66. The van der Waals surface area contributed by atoms with Gasteiger partial charge in [0, 0.05) is 18.2 Å². The molecule has 3 atom stereocenters. The van der Waals surface area contributed by atoms with Crippen molar-refractivity contribution in [2.45, 2.75) is 51.5 Å². The van der Waals surface area contributed by atoms with Gasteiger partial charge in [0.25, 0.3) is 0 Å². The highest BCUT2D eigenvalue weighted by Crippen LogP contribution is 2.33. The number of halogens is 2. The van der Waals surface area contributed by atoms with E-state index >= 15 is 4.39 Å². The molecule has 8 nitrogen and oxygen atoms in total. The van der Waals surface area contributed by atoms with E-state index in [4.69, 9.17) is 16.3 Å². The number of aromatic nitrogens is 4. The predicted octanol–water partition coefficient (Wildman–Crippen LogP) is 3.48. The van der Waals surface area contributed by atoms with Crippen LogP contribution in [-0.2, 0) is 4.74 Å². The number of nitrogens with zero attached hydrogens (tertiary/aromatic N) is 4. The maximum absolute atomic E-state index is 15.0. The van der Waals surface area contributed by atoms with E-state index in [9.17, 15) is 10.2 Å². The SMILES string of the molecule is CC(C)n1c([C@H](C)O)nc2c(F)cc(-c3nc(N[C@@H]4CCOC[C@H]4O)ncc3Cl)cc21. The smallest absolute Gasteiger partial charge is 0.223 e. The van der Waals surface area contributed by atoms with Crippen molar-refractivity contribution >= 4 is 28.6 Å². The second-order valence-electron chi connectivity index (χ2n) is 8.01. The summed E-state index contributed by atoms with van der Waals surface area (Å²) in [6.07, 6.45) is 0.534. The van der Waals surface area contributed by atoms with Gasteiger partial charge >= 0.3 is 0 Å². The molecule has 1 aromatic carbocycles. The third-order valence-electron chi connectivity index (χ3n) is 5.32. The minimum atomic E-state index is -0.845. The van der Waals surface area contributed by atoms with E-state index in [1.54, 1.807) is 17.6 Å². The normalized spacial score (nSPS) is 20.4. The highest BCUT2D eigenvalue weighted by Gasteiger charge is 2.25. The Labute approximate surface area is 184 Å². The average Bonchev–Trinajstić information content (AvgIpc) is 3.12. The van der Waals surface area contributed by atoms with Crippen LogP contribution in [0.2, 0.25) is 5.02 Å². The Hall–Kier alpha value is -2.33. The van der Waals surface area contributed by atoms with Crippen LogP contribution in [0, 0.1) is 5.82 Å². The van der Waals surface area contributed by atoms with Crippen molar-refractivity contribution in [2.75, 3.05) is 18.5 Å². The van der Waals surface area contributed by atoms with Crippen molar-refractivity contribution in [2.24, 2.45) is 0 Å². The summed E-state index contributed by atoms with van der Waals surface area (Å²) in [6.45, 7) is 6.25. The molecule has 10 heteroatoms. The summed E-state index contributed by atoms with van der Waals surface area (Å²) in [5.41, 5.74) is 1.55. The lowest BCUT2D eigenvalue weighted by atomic mass is 10.1. The molecule has 3 heterocycles. The maximum atomic E-state index is 15.0. The molecule has 1 fully saturated rings. The lowest BCUT2D eigenvalue weighted by Crippen LogP contribution is -2.42. The molecule has 1 saturated heterocycles. The summed E-state index contributed by atoms with van der Waals surface area (Å²) in [7, 11) is 0. The predicted molar refractivity (Wildman–Crippen MR) is 116 cm³/mol. The summed E-state index contributed by atoms with van der Waals surface area (Å²) in [4.78, 5) is 13.0. The first-order valence-corrected chi connectivity index (χ1v) is 10.6. The zero-order chi connectivity index (χ0) is 22.3. The number of ether oxygens (including phenoxy) is 1. The number of hydrogen-bond acceptors (Lipinski definition) is 7. The van der Waals surface area contributed by atoms with Crippen LogP contribution >= 0.6 is 11.6 Å². The van der Waals surface area contributed by atoms with Gasteiger partial charge in [-0.2, -0.15) is 0 Å². The van der Waals surface area contributed by atoms with Crippen LogP contribution < -0.4 is 5.32 Å². The van der Waals surface area contributed by atoms with Crippen molar-refractivity contribution in [1.29, 1.82) is 0 Å². The molecule has 1 aliphatic rings. The minimum Gasteiger partial charge on any atom is -0.389 e. The Morgan fingerprint density at radius 2 is 2.06 bits per heavy atom. The molecule has 4 rings (SSSR count). The van der Waals surface area contributed by atoms with E-state index in [-0.39, 0.29) is 35.2 Å². The molecule has 0 saturated carbocycles. The van der Waals surface area contributed by atoms with E-state index in [1.165, 1.54) is 12.3 Å². The number of hydrogen-bond donors (Lipinski definition) is 3. The number of anilines is 1. The lowest BCUT2D eigenvalue weighted by Gasteiger charge is -2.28. The Kier molecular flexibility index (Phi) is 6.11. The summed E-state index contributed by atoms with van der Waals surface area (Å²) in [5, 5.41) is 23.6.